The molecule has 0 rings (SSSR count). The molecule has 0 unspecified atom stereocenters. The minimum absolute atomic E-state index is 0.0280. The van der Waals surface area contributed by atoms with Crippen molar-refractivity contribution in [2.45, 2.75) is 26.7 Å². The van der Waals surface area contributed by atoms with E-state index in [-0.39, 0.29) is 17.9 Å². The standard InChI is InChI=1S/C9H18BrNO2/c1-3-9(4-2,7-12)6-11-8(13)5-10/h12H,3-7H2,1-2H3,(H,11,13). The summed E-state index contributed by atoms with van der Waals surface area (Å²) < 4.78 is 0. The van der Waals surface area contributed by atoms with Gasteiger partial charge in [0, 0.05) is 12.0 Å². The smallest absolute Gasteiger partial charge is 0.230 e. The fourth-order valence-electron chi connectivity index (χ4n) is 1.11. The van der Waals surface area contributed by atoms with E-state index in [4.69, 9.17) is 0 Å². The number of amides is 1. The largest absolute Gasteiger partial charge is 0.396 e. The number of carbonyl (C=O) groups excluding carboxylic acids is 1. The molecule has 0 bridgehead atoms. The third kappa shape index (κ3) is 4.09. The summed E-state index contributed by atoms with van der Waals surface area (Å²) in [5.41, 5.74) is -0.141. The van der Waals surface area contributed by atoms with E-state index in [1.807, 2.05) is 13.8 Å². The first kappa shape index (κ1) is 12.9. The van der Waals surface area contributed by atoms with Crippen molar-refractivity contribution in [3.63, 3.8) is 0 Å². The molecule has 1 amide bonds. The third-order valence-corrected chi connectivity index (χ3v) is 3.13. The van der Waals surface area contributed by atoms with Crippen molar-refractivity contribution in [1.29, 1.82) is 0 Å². The lowest BCUT2D eigenvalue weighted by molar-refractivity contribution is -0.119. The van der Waals surface area contributed by atoms with Gasteiger partial charge in [0.25, 0.3) is 0 Å². The maximum atomic E-state index is 11.0. The van der Waals surface area contributed by atoms with E-state index >= 15 is 0 Å². The molecule has 0 aliphatic carbocycles. The molecule has 0 aromatic rings. The maximum absolute atomic E-state index is 11.0. The number of nitrogens with one attached hydrogen (secondary N) is 1. The molecule has 0 aliphatic rings. The van der Waals surface area contributed by atoms with Gasteiger partial charge in [-0.25, -0.2) is 0 Å². The van der Waals surface area contributed by atoms with Crippen LogP contribution < -0.4 is 5.32 Å². The Balaban J connectivity index is 4.02. The van der Waals surface area contributed by atoms with Gasteiger partial charge in [-0.3, -0.25) is 4.79 Å². The molecule has 0 aromatic heterocycles. The zero-order chi connectivity index (χ0) is 10.3. The lowest BCUT2D eigenvalue weighted by Gasteiger charge is -2.29. The Bertz CT molecular complexity index is 149. The van der Waals surface area contributed by atoms with Crippen molar-refractivity contribution in [3.8, 4) is 0 Å². The van der Waals surface area contributed by atoms with E-state index in [0.29, 0.717) is 11.9 Å². The predicted molar refractivity (Wildman–Crippen MR) is 56.9 cm³/mol. The predicted octanol–water partition coefficient (Wildman–Crippen LogP) is 1.30. The fraction of sp³-hybridized carbons (Fsp3) is 0.889. The molecule has 78 valence electrons. The van der Waals surface area contributed by atoms with Gasteiger partial charge in [0.05, 0.1) is 11.9 Å². The summed E-state index contributed by atoms with van der Waals surface area (Å²) in [7, 11) is 0. The average Bonchev–Trinajstić information content (AvgIpc) is 2.20. The molecule has 0 atom stereocenters. The number of aliphatic hydroxyl groups excluding tert-OH is 1. The summed E-state index contributed by atoms with van der Waals surface area (Å²) >= 11 is 3.07. The van der Waals surface area contributed by atoms with E-state index in [1.54, 1.807) is 0 Å². The molecule has 0 fully saturated rings. The Labute approximate surface area is 88.0 Å². The topological polar surface area (TPSA) is 49.3 Å². The van der Waals surface area contributed by atoms with E-state index in [9.17, 15) is 9.90 Å². The normalized spacial score (nSPS) is 11.4. The highest BCUT2D eigenvalue weighted by atomic mass is 79.9. The van der Waals surface area contributed by atoms with Gasteiger partial charge in [0.15, 0.2) is 0 Å². The molecule has 0 radical (unpaired) electrons. The first-order valence-electron chi connectivity index (χ1n) is 4.57. The number of carbonyl (C=O) groups is 1. The van der Waals surface area contributed by atoms with Crippen LogP contribution in [0.1, 0.15) is 26.7 Å². The number of aliphatic hydroxyl groups is 1. The Kier molecular flexibility index (Phi) is 6.33. The second-order valence-corrected chi connectivity index (χ2v) is 3.84. The fourth-order valence-corrected chi connectivity index (χ4v) is 1.31. The molecule has 0 spiro atoms. The first-order valence-corrected chi connectivity index (χ1v) is 5.69. The van der Waals surface area contributed by atoms with E-state index in [0.717, 1.165) is 12.8 Å². The highest BCUT2D eigenvalue weighted by Gasteiger charge is 2.25. The number of rotatable bonds is 6. The minimum Gasteiger partial charge on any atom is -0.396 e. The van der Waals surface area contributed by atoms with Gasteiger partial charge in [0.1, 0.15) is 0 Å². The van der Waals surface area contributed by atoms with Crippen LogP contribution in [0.15, 0.2) is 0 Å². The quantitative estimate of drug-likeness (QED) is 0.700. The number of hydrogen-bond donors (Lipinski definition) is 2. The van der Waals surface area contributed by atoms with Crippen molar-refractivity contribution >= 4 is 21.8 Å². The Morgan fingerprint density at radius 3 is 2.31 bits per heavy atom. The molecule has 0 aromatic carbocycles. The van der Waals surface area contributed by atoms with Gasteiger partial charge in [-0.1, -0.05) is 29.8 Å². The summed E-state index contributed by atoms with van der Waals surface area (Å²) in [6.07, 6.45) is 1.76. The number of alkyl halides is 1. The van der Waals surface area contributed by atoms with Crippen molar-refractivity contribution in [3.05, 3.63) is 0 Å². The lowest BCUT2D eigenvalue weighted by atomic mass is 9.83. The van der Waals surface area contributed by atoms with Crippen LogP contribution in [0.5, 0.6) is 0 Å². The van der Waals surface area contributed by atoms with E-state index < -0.39 is 0 Å². The molecule has 3 nitrogen and oxygen atoms in total. The van der Waals surface area contributed by atoms with Crippen molar-refractivity contribution in [2.75, 3.05) is 18.5 Å². The van der Waals surface area contributed by atoms with Crippen LogP contribution >= 0.6 is 15.9 Å². The maximum Gasteiger partial charge on any atom is 0.230 e. The Morgan fingerprint density at radius 1 is 1.46 bits per heavy atom. The molecular weight excluding hydrogens is 234 g/mol. The number of hydrogen-bond acceptors (Lipinski definition) is 2. The summed E-state index contributed by atoms with van der Waals surface area (Å²) in [6.45, 7) is 4.74. The number of halogens is 1. The van der Waals surface area contributed by atoms with Crippen LogP contribution in [0.4, 0.5) is 0 Å². The van der Waals surface area contributed by atoms with E-state index in [2.05, 4.69) is 21.2 Å². The molecular formula is C9H18BrNO2. The van der Waals surface area contributed by atoms with Crippen LogP contribution in [0.2, 0.25) is 0 Å². The first-order chi connectivity index (χ1) is 6.14. The summed E-state index contributed by atoms with van der Waals surface area (Å²) in [5.74, 6) is -0.0280. The zero-order valence-corrected chi connectivity index (χ0v) is 9.85. The third-order valence-electron chi connectivity index (χ3n) is 2.62. The van der Waals surface area contributed by atoms with Gasteiger partial charge in [0.2, 0.25) is 5.91 Å². The highest BCUT2D eigenvalue weighted by Crippen LogP contribution is 2.24. The zero-order valence-electron chi connectivity index (χ0n) is 8.27. The molecule has 0 saturated carbocycles. The van der Waals surface area contributed by atoms with Crippen LogP contribution in [-0.2, 0) is 4.79 Å². The molecule has 13 heavy (non-hydrogen) atoms. The second-order valence-electron chi connectivity index (χ2n) is 3.28. The summed E-state index contributed by atoms with van der Waals surface area (Å²) in [5, 5.41) is 12.3. The lowest BCUT2D eigenvalue weighted by Crippen LogP contribution is -2.39. The monoisotopic (exact) mass is 251 g/mol. The minimum atomic E-state index is -0.141. The van der Waals surface area contributed by atoms with Crippen LogP contribution in [0, 0.1) is 5.41 Å². The van der Waals surface area contributed by atoms with Crippen LogP contribution in [-0.4, -0.2) is 29.5 Å². The van der Waals surface area contributed by atoms with Crippen molar-refractivity contribution in [2.24, 2.45) is 5.41 Å². The van der Waals surface area contributed by atoms with Crippen LogP contribution in [0.25, 0.3) is 0 Å². The highest BCUT2D eigenvalue weighted by molar-refractivity contribution is 9.09. The molecule has 0 saturated heterocycles. The van der Waals surface area contributed by atoms with Crippen LogP contribution in [0.3, 0.4) is 0 Å². The Hall–Kier alpha value is -0.0900. The van der Waals surface area contributed by atoms with Gasteiger partial charge in [-0.05, 0) is 12.8 Å². The summed E-state index contributed by atoms with van der Waals surface area (Å²) in [6, 6.07) is 0. The Morgan fingerprint density at radius 2 is 2.00 bits per heavy atom. The second kappa shape index (κ2) is 6.38. The van der Waals surface area contributed by atoms with E-state index in [1.165, 1.54) is 0 Å². The molecule has 0 aliphatic heterocycles. The van der Waals surface area contributed by atoms with Crippen molar-refractivity contribution < 1.29 is 9.90 Å². The van der Waals surface area contributed by atoms with Gasteiger partial charge >= 0.3 is 0 Å². The summed E-state index contributed by atoms with van der Waals surface area (Å²) in [4.78, 5) is 11.0. The molecule has 0 heterocycles. The molecule has 4 heteroatoms. The van der Waals surface area contributed by atoms with Gasteiger partial charge < -0.3 is 10.4 Å². The van der Waals surface area contributed by atoms with Crippen molar-refractivity contribution in [1.82, 2.24) is 5.32 Å². The SMILES string of the molecule is CCC(CC)(CO)CNC(=O)CBr. The van der Waals surface area contributed by atoms with Gasteiger partial charge in [-0.2, -0.15) is 0 Å². The molecule has 2 N–H and O–H groups in total. The van der Waals surface area contributed by atoms with Gasteiger partial charge in [-0.15, -0.1) is 0 Å². The average molecular weight is 252 g/mol.